The van der Waals surface area contributed by atoms with Gasteiger partial charge in [0, 0.05) is 14.2 Å². The Hall–Kier alpha value is -0.860. The summed E-state index contributed by atoms with van der Waals surface area (Å²) in [6.07, 6.45) is -0.341. The van der Waals surface area contributed by atoms with Gasteiger partial charge in [-0.2, -0.15) is 0 Å². The summed E-state index contributed by atoms with van der Waals surface area (Å²) in [5, 5.41) is 9.02. The Bertz CT molecular complexity index is 182. The molecule has 12 heavy (non-hydrogen) atoms. The first-order valence-electron chi connectivity index (χ1n) is 3.85. The molecule has 0 aliphatic heterocycles. The number of aliphatic hydroxyl groups excluding tert-OH is 1. The molecule has 0 amide bonds. The van der Waals surface area contributed by atoms with Crippen LogP contribution in [0, 0.1) is 0 Å². The second-order valence-corrected chi connectivity index (χ2v) is 2.49. The predicted octanol–water partition coefficient (Wildman–Crippen LogP) is 2.00. The van der Waals surface area contributed by atoms with Gasteiger partial charge in [-0.05, 0) is 12.5 Å². The molecule has 1 N–H and O–H groups in total. The minimum Gasteiger partial charge on any atom is -0.389 e. The third-order valence-electron chi connectivity index (χ3n) is 1.28. The first-order valence-corrected chi connectivity index (χ1v) is 3.85. The first kappa shape index (κ1) is 11.1. The Morgan fingerprint density at radius 2 is 1.58 bits per heavy atom. The number of ether oxygens (including phenoxy) is 1. The van der Waals surface area contributed by atoms with Crippen molar-refractivity contribution in [3.05, 3.63) is 35.9 Å². The van der Waals surface area contributed by atoms with Crippen LogP contribution in [0.25, 0.3) is 0 Å². The van der Waals surface area contributed by atoms with Gasteiger partial charge in [0.1, 0.15) is 0 Å². The van der Waals surface area contributed by atoms with Gasteiger partial charge in [0.25, 0.3) is 0 Å². The molecule has 0 bridgehead atoms. The largest absolute Gasteiger partial charge is 0.389 e. The van der Waals surface area contributed by atoms with Crippen molar-refractivity contribution in [1.29, 1.82) is 0 Å². The van der Waals surface area contributed by atoms with Crippen molar-refractivity contribution < 1.29 is 9.84 Å². The van der Waals surface area contributed by atoms with E-state index in [0.29, 0.717) is 0 Å². The maximum absolute atomic E-state index is 9.02. The summed E-state index contributed by atoms with van der Waals surface area (Å²) in [7, 11) is 3.25. The predicted molar refractivity (Wildman–Crippen MR) is 50.0 cm³/mol. The minimum atomic E-state index is -0.341. The lowest BCUT2D eigenvalue weighted by Crippen LogP contribution is -1.87. The molecule has 0 saturated heterocycles. The van der Waals surface area contributed by atoms with E-state index in [-0.39, 0.29) is 6.10 Å². The van der Waals surface area contributed by atoms with Gasteiger partial charge < -0.3 is 9.84 Å². The van der Waals surface area contributed by atoms with Crippen LogP contribution in [0.4, 0.5) is 0 Å². The number of hydrogen-bond donors (Lipinski definition) is 1. The van der Waals surface area contributed by atoms with Gasteiger partial charge in [0.15, 0.2) is 0 Å². The molecule has 0 aliphatic rings. The summed E-state index contributed by atoms with van der Waals surface area (Å²) in [6, 6.07) is 9.59. The van der Waals surface area contributed by atoms with E-state index >= 15 is 0 Å². The number of hydrogen-bond acceptors (Lipinski definition) is 2. The van der Waals surface area contributed by atoms with Crippen LogP contribution in [0.3, 0.4) is 0 Å². The summed E-state index contributed by atoms with van der Waals surface area (Å²) < 4.78 is 4.25. The van der Waals surface area contributed by atoms with E-state index in [4.69, 9.17) is 5.11 Å². The summed E-state index contributed by atoms with van der Waals surface area (Å²) in [5.41, 5.74) is 0.970. The lowest BCUT2D eigenvalue weighted by molar-refractivity contribution is 0.199. The number of methoxy groups -OCH3 is 1. The van der Waals surface area contributed by atoms with Crippen LogP contribution in [0.5, 0.6) is 0 Å². The molecule has 2 heteroatoms. The van der Waals surface area contributed by atoms with Crippen LogP contribution in [0.2, 0.25) is 0 Å². The van der Waals surface area contributed by atoms with Crippen molar-refractivity contribution >= 4 is 0 Å². The molecule has 0 aromatic heterocycles. The highest BCUT2D eigenvalue weighted by atomic mass is 16.4. The van der Waals surface area contributed by atoms with E-state index in [1.54, 1.807) is 21.1 Å². The molecule has 0 spiro atoms. The van der Waals surface area contributed by atoms with Crippen LogP contribution in [-0.2, 0) is 4.74 Å². The van der Waals surface area contributed by atoms with Gasteiger partial charge in [0.05, 0.1) is 6.10 Å². The summed E-state index contributed by atoms with van der Waals surface area (Å²) in [5.74, 6) is 0. The van der Waals surface area contributed by atoms with E-state index in [0.717, 1.165) is 5.56 Å². The average Bonchev–Trinajstić information content (AvgIpc) is 2.07. The van der Waals surface area contributed by atoms with Gasteiger partial charge in [-0.25, -0.2) is 0 Å². The third kappa shape index (κ3) is 4.88. The molecule has 1 unspecified atom stereocenters. The average molecular weight is 168 g/mol. The van der Waals surface area contributed by atoms with Gasteiger partial charge in [-0.3, -0.25) is 0 Å². The smallest absolute Gasteiger partial charge is 0.0761 e. The van der Waals surface area contributed by atoms with Crippen LogP contribution < -0.4 is 0 Å². The lowest BCUT2D eigenvalue weighted by Gasteiger charge is -2.00. The molecule has 1 aromatic carbocycles. The number of aliphatic hydroxyl groups is 1. The van der Waals surface area contributed by atoms with E-state index < -0.39 is 0 Å². The summed E-state index contributed by atoms with van der Waals surface area (Å²) in [4.78, 5) is 0. The number of rotatable bonds is 1. The molecule has 1 atom stereocenters. The molecule has 0 heterocycles. The lowest BCUT2D eigenvalue weighted by atomic mass is 10.1. The highest BCUT2D eigenvalue weighted by molar-refractivity contribution is 5.16. The highest BCUT2D eigenvalue weighted by Gasteiger charge is 1.95. The minimum absolute atomic E-state index is 0.341. The van der Waals surface area contributed by atoms with Crippen molar-refractivity contribution in [2.75, 3.05) is 14.2 Å². The van der Waals surface area contributed by atoms with Crippen molar-refractivity contribution in [3.8, 4) is 0 Å². The maximum Gasteiger partial charge on any atom is 0.0761 e. The second kappa shape index (κ2) is 6.83. The van der Waals surface area contributed by atoms with Crippen LogP contribution in [-0.4, -0.2) is 19.3 Å². The summed E-state index contributed by atoms with van der Waals surface area (Å²) >= 11 is 0. The van der Waals surface area contributed by atoms with Gasteiger partial charge >= 0.3 is 0 Å². The topological polar surface area (TPSA) is 29.5 Å². The van der Waals surface area contributed by atoms with Crippen LogP contribution >= 0.6 is 0 Å². The van der Waals surface area contributed by atoms with Gasteiger partial charge in [-0.1, -0.05) is 30.3 Å². The Kier molecular flexibility index (Phi) is 6.34. The molecule has 0 fully saturated rings. The standard InChI is InChI=1S/C8H10O.C2H6O/c1-7(9)8-5-3-2-4-6-8;1-3-2/h2-7,9H,1H3;1-2H3. The normalized spacial score (nSPS) is 11.3. The molecule has 1 aromatic rings. The quantitative estimate of drug-likeness (QED) is 0.695. The monoisotopic (exact) mass is 168 g/mol. The van der Waals surface area contributed by atoms with E-state index in [2.05, 4.69) is 4.74 Å². The fourth-order valence-electron chi connectivity index (χ4n) is 0.732. The van der Waals surface area contributed by atoms with E-state index in [9.17, 15) is 0 Å². The van der Waals surface area contributed by atoms with Crippen molar-refractivity contribution in [1.82, 2.24) is 0 Å². The third-order valence-corrected chi connectivity index (χ3v) is 1.28. The van der Waals surface area contributed by atoms with Crippen molar-refractivity contribution in [2.24, 2.45) is 0 Å². The van der Waals surface area contributed by atoms with Crippen LogP contribution in [0.1, 0.15) is 18.6 Å². The van der Waals surface area contributed by atoms with E-state index in [1.165, 1.54) is 0 Å². The zero-order chi connectivity index (χ0) is 9.40. The Morgan fingerprint density at radius 1 is 1.17 bits per heavy atom. The zero-order valence-corrected chi connectivity index (χ0v) is 7.82. The second-order valence-electron chi connectivity index (χ2n) is 2.49. The molecule has 68 valence electrons. The molecule has 2 nitrogen and oxygen atoms in total. The van der Waals surface area contributed by atoms with Gasteiger partial charge in [-0.15, -0.1) is 0 Å². The molecular formula is C10H16O2. The number of benzene rings is 1. The SMILES string of the molecule is CC(O)c1ccccc1.COC. The van der Waals surface area contributed by atoms with Crippen molar-refractivity contribution in [2.45, 2.75) is 13.0 Å². The molecule has 0 saturated carbocycles. The Labute approximate surface area is 73.8 Å². The van der Waals surface area contributed by atoms with Crippen LogP contribution in [0.15, 0.2) is 30.3 Å². The summed E-state index contributed by atoms with van der Waals surface area (Å²) in [6.45, 7) is 1.76. The fourth-order valence-corrected chi connectivity index (χ4v) is 0.732. The Balaban J connectivity index is 0.000000354. The highest BCUT2D eigenvalue weighted by Crippen LogP contribution is 2.08. The molecule has 0 radical (unpaired) electrons. The molecule has 1 rings (SSSR count). The maximum atomic E-state index is 9.02. The van der Waals surface area contributed by atoms with Crippen molar-refractivity contribution in [3.63, 3.8) is 0 Å². The van der Waals surface area contributed by atoms with E-state index in [1.807, 2.05) is 30.3 Å². The fraction of sp³-hybridized carbons (Fsp3) is 0.400. The van der Waals surface area contributed by atoms with Gasteiger partial charge in [0.2, 0.25) is 0 Å². The first-order chi connectivity index (χ1) is 5.72. The molecular weight excluding hydrogens is 152 g/mol. The Morgan fingerprint density at radius 3 is 1.83 bits per heavy atom. The zero-order valence-electron chi connectivity index (χ0n) is 7.82. The molecule has 0 aliphatic carbocycles.